The van der Waals surface area contributed by atoms with Crippen molar-refractivity contribution in [2.45, 2.75) is 52.5 Å². The van der Waals surface area contributed by atoms with Crippen LogP contribution >= 0.6 is 0 Å². The zero-order chi connectivity index (χ0) is 13.9. The average Bonchev–Trinajstić information content (AvgIpc) is 2.39. The Kier molecular flexibility index (Phi) is 5.20. The Morgan fingerprint density at radius 3 is 2.00 bits per heavy atom. The van der Waals surface area contributed by atoms with Crippen molar-refractivity contribution in [3.05, 3.63) is 0 Å². The average molecular weight is 271 g/mol. The molecule has 0 saturated carbocycles. The first-order valence-electron chi connectivity index (χ1n) is 7.46. The first-order chi connectivity index (χ1) is 9.00. The Morgan fingerprint density at radius 1 is 0.947 bits per heavy atom. The molecule has 19 heavy (non-hydrogen) atoms. The quantitative estimate of drug-likeness (QED) is 0.573. The molecule has 0 unspecified atom stereocenters. The van der Waals surface area contributed by atoms with Gasteiger partial charge in [0.15, 0.2) is 0 Å². The van der Waals surface area contributed by atoms with Crippen LogP contribution in [0.4, 0.5) is 0 Å². The molecule has 5 heteroatoms. The summed E-state index contributed by atoms with van der Waals surface area (Å²) in [5.41, 5.74) is 0.439. The highest BCUT2D eigenvalue weighted by molar-refractivity contribution is 4.85. The summed E-state index contributed by atoms with van der Waals surface area (Å²) in [6.45, 7) is 11.1. The topological polar surface area (TPSA) is 48.0 Å². The van der Waals surface area contributed by atoms with Gasteiger partial charge in [0.1, 0.15) is 0 Å². The number of hydrogen-bond acceptors (Lipinski definition) is 5. The van der Waals surface area contributed by atoms with Gasteiger partial charge in [-0.05, 0) is 50.1 Å². The van der Waals surface area contributed by atoms with Crippen LogP contribution in [0.3, 0.4) is 0 Å². The molecule has 0 atom stereocenters. The van der Waals surface area contributed by atoms with Crippen LogP contribution in [-0.2, 0) is 10.0 Å². The molecular weight excluding hydrogens is 244 g/mol. The maximum absolute atomic E-state index is 9.94. The molecule has 0 aromatic carbocycles. The van der Waals surface area contributed by atoms with Crippen molar-refractivity contribution >= 4 is 0 Å². The van der Waals surface area contributed by atoms with Crippen molar-refractivity contribution in [2.24, 2.45) is 11.3 Å². The van der Waals surface area contributed by atoms with E-state index in [1.165, 1.54) is 25.9 Å². The first kappa shape index (κ1) is 15.2. The highest BCUT2D eigenvalue weighted by atomic mass is 17.5. The van der Waals surface area contributed by atoms with Crippen LogP contribution in [0.15, 0.2) is 0 Å². The molecule has 0 N–H and O–H groups in total. The summed E-state index contributed by atoms with van der Waals surface area (Å²) in [6.07, 6.45) is 4.74. The van der Waals surface area contributed by atoms with Gasteiger partial charge in [-0.2, -0.15) is 5.06 Å². The van der Waals surface area contributed by atoms with E-state index >= 15 is 0 Å². The third-order valence-corrected chi connectivity index (χ3v) is 4.83. The highest BCUT2D eigenvalue weighted by Crippen LogP contribution is 2.35. The minimum absolute atomic E-state index is 0.439. The minimum atomic E-state index is 0.439. The zero-order valence-electron chi connectivity index (χ0n) is 12.4. The molecular formula is C14H27N2O3-. The molecule has 5 nitrogen and oxygen atoms in total. The summed E-state index contributed by atoms with van der Waals surface area (Å²) >= 11 is 0. The van der Waals surface area contributed by atoms with Gasteiger partial charge in [0.05, 0.1) is 0 Å². The van der Waals surface area contributed by atoms with E-state index in [-0.39, 0.29) is 0 Å². The van der Waals surface area contributed by atoms with Gasteiger partial charge < -0.3 is 10.2 Å². The van der Waals surface area contributed by atoms with E-state index in [9.17, 15) is 5.26 Å². The fraction of sp³-hybridized carbons (Fsp3) is 1.00. The van der Waals surface area contributed by atoms with E-state index in [0.29, 0.717) is 11.5 Å². The van der Waals surface area contributed by atoms with Crippen LogP contribution in [0.1, 0.15) is 46.5 Å². The van der Waals surface area contributed by atoms with Gasteiger partial charge in [0.25, 0.3) is 0 Å². The molecule has 2 saturated heterocycles. The van der Waals surface area contributed by atoms with Crippen LogP contribution in [0.2, 0.25) is 0 Å². The summed E-state index contributed by atoms with van der Waals surface area (Å²) in [5.74, 6) is 0.848. The van der Waals surface area contributed by atoms with Gasteiger partial charge in [-0.25, -0.2) is 0 Å². The van der Waals surface area contributed by atoms with Crippen molar-refractivity contribution < 1.29 is 15.3 Å². The van der Waals surface area contributed by atoms with E-state index in [0.717, 1.165) is 31.8 Å². The predicted octanol–water partition coefficient (Wildman–Crippen LogP) is 1.35. The summed E-state index contributed by atoms with van der Waals surface area (Å²) in [5, 5.41) is 15.0. The SMILES string of the molecule is CC(C)(C)C1CCN(C2CCN(OO[O-])CC2)CC1. The predicted molar refractivity (Wildman–Crippen MR) is 70.5 cm³/mol. The van der Waals surface area contributed by atoms with Crippen LogP contribution < -0.4 is 5.26 Å². The molecule has 0 aromatic rings. The zero-order valence-corrected chi connectivity index (χ0v) is 12.4. The lowest BCUT2D eigenvalue weighted by molar-refractivity contribution is -0.826. The molecule has 0 amide bonds. The summed E-state index contributed by atoms with van der Waals surface area (Å²) in [4.78, 5) is 7.16. The monoisotopic (exact) mass is 271 g/mol. The maximum atomic E-state index is 9.94. The third-order valence-electron chi connectivity index (χ3n) is 4.83. The molecule has 0 aliphatic carbocycles. The van der Waals surface area contributed by atoms with Gasteiger partial charge in [-0.15, -0.1) is 4.99 Å². The molecule has 2 aliphatic rings. The Hall–Kier alpha value is -0.200. The van der Waals surface area contributed by atoms with Crippen molar-refractivity contribution in [3.8, 4) is 0 Å². The van der Waals surface area contributed by atoms with E-state index in [1.807, 2.05) is 0 Å². The second-order valence-corrected chi connectivity index (χ2v) is 6.98. The third kappa shape index (κ3) is 4.13. The van der Waals surface area contributed by atoms with Crippen LogP contribution in [0, 0.1) is 11.3 Å². The maximum Gasteiger partial charge on any atom is 0.0285 e. The molecule has 0 radical (unpaired) electrons. The standard InChI is InChI=1S/C14H28N2O3/c1-14(2,3)12-4-8-15(9-5-12)13-6-10-16(11-7-13)18-19-17/h12-13,17H,4-11H2,1-3H3/p-1. The van der Waals surface area contributed by atoms with E-state index in [4.69, 9.17) is 0 Å². The first-order valence-corrected chi connectivity index (χ1v) is 7.46. The van der Waals surface area contributed by atoms with Gasteiger partial charge >= 0.3 is 0 Å². The lowest BCUT2D eigenvalue weighted by Crippen LogP contribution is -2.48. The van der Waals surface area contributed by atoms with Crippen LogP contribution in [0.25, 0.3) is 0 Å². The summed E-state index contributed by atoms with van der Waals surface area (Å²) in [7, 11) is 0. The number of hydroxylamine groups is 2. The minimum Gasteiger partial charge on any atom is -0.690 e. The summed E-state index contributed by atoms with van der Waals surface area (Å²) < 4.78 is 0. The number of nitrogens with zero attached hydrogens (tertiary/aromatic N) is 2. The lowest BCUT2D eigenvalue weighted by Gasteiger charge is -2.44. The number of piperidine rings is 2. The largest absolute Gasteiger partial charge is 0.690 e. The molecule has 2 fully saturated rings. The summed E-state index contributed by atoms with van der Waals surface area (Å²) in [6, 6.07) is 0.646. The van der Waals surface area contributed by atoms with Gasteiger partial charge in [-0.3, -0.25) is 5.04 Å². The van der Waals surface area contributed by atoms with Crippen LogP contribution in [0.5, 0.6) is 0 Å². The van der Waals surface area contributed by atoms with Crippen molar-refractivity contribution in [3.63, 3.8) is 0 Å². The molecule has 2 rings (SSSR count). The van der Waals surface area contributed by atoms with Crippen molar-refractivity contribution in [1.29, 1.82) is 0 Å². The molecule has 0 spiro atoms. The Morgan fingerprint density at radius 2 is 1.53 bits per heavy atom. The van der Waals surface area contributed by atoms with E-state index in [2.05, 4.69) is 35.7 Å². The molecule has 112 valence electrons. The Bertz CT molecular complexity index is 264. The fourth-order valence-corrected chi connectivity index (χ4v) is 3.46. The number of hydrogen-bond donors (Lipinski definition) is 0. The number of likely N-dealkylation sites (tertiary alicyclic amines) is 1. The highest BCUT2D eigenvalue weighted by Gasteiger charge is 2.32. The van der Waals surface area contributed by atoms with Gasteiger partial charge in [0.2, 0.25) is 0 Å². The van der Waals surface area contributed by atoms with E-state index < -0.39 is 0 Å². The van der Waals surface area contributed by atoms with E-state index in [1.54, 1.807) is 5.06 Å². The lowest BCUT2D eigenvalue weighted by atomic mass is 9.75. The second-order valence-electron chi connectivity index (χ2n) is 6.98. The number of rotatable bonds is 3. The van der Waals surface area contributed by atoms with Gasteiger partial charge in [-0.1, -0.05) is 20.8 Å². The Labute approximate surface area is 116 Å². The fourth-order valence-electron chi connectivity index (χ4n) is 3.46. The molecule has 2 heterocycles. The van der Waals surface area contributed by atoms with Crippen LogP contribution in [-0.4, -0.2) is 42.2 Å². The Balaban J connectivity index is 1.74. The molecule has 0 aromatic heterocycles. The van der Waals surface area contributed by atoms with Crippen molar-refractivity contribution in [2.75, 3.05) is 26.2 Å². The van der Waals surface area contributed by atoms with Gasteiger partial charge in [0, 0.05) is 19.1 Å². The normalized spacial score (nSPS) is 25.9. The molecule has 2 aliphatic heterocycles. The smallest absolute Gasteiger partial charge is 0.0285 e. The molecule has 0 bridgehead atoms. The second kappa shape index (κ2) is 6.50. The van der Waals surface area contributed by atoms with Crippen molar-refractivity contribution in [1.82, 2.24) is 9.96 Å².